The second-order valence-corrected chi connectivity index (χ2v) is 2.67. The number of carbonyl (C=O) groups excluding carboxylic acids is 1. The summed E-state index contributed by atoms with van der Waals surface area (Å²) >= 11 is 0. The van der Waals surface area contributed by atoms with Crippen LogP contribution in [-0.4, -0.2) is 26.0 Å². The lowest BCUT2D eigenvalue weighted by atomic mass is 10.2. The average molecular weight is 144 g/mol. The lowest BCUT2D eigenvalue weighted by Gasteiger charge is -2.05. The van der Waals surface area contributed by atoms with E-state index in [1.807, 2.05) is 0 Å². The van der Waals surface area contributed by atoms with Crippen LogP contribution in [0.3, 0.4) is 0 Å². The SMILES string of the molecule is CC(C)CNCCNC=O. The van der Waals surface area contributed by atoms with Gasteiger partial charge in [0.2, 0.25) is 6.41 Å². The summed E-state index contributed by atoms with van der Waals surface area (Å²) in [6, 6.07) is 0. The van der Waals surface area contributed by atoms with Gasteiger partial charge in [0, 0.05) is 13.1 Å². The molecule has 0 rings (SSSR count). The molecule has 0 saturated carbocycles. The number of carbonyl (C=O) groups is 1. The Bertz CT molecular complexity index is 83.7. The van der Waals surface area contributed by atoms with Gasteiger partial charge in [0.05, 0.1) is 0 Å². The highest BCUT2D eigenvalue weighted by molar-refractivity contribution is 5.45. The zero-order chi connectivity index (χ0) is 7.82. The maximum absolute atomic E-state index is 9.76. The molecule has 0 saturated heterocycles. The molecule has 0 aromatic rings. The van der Waals surface area contributed by atoms with Crippen molar-refractivity contribution in [3.8, 4) is 0 Å². The van der Waals surface area contributed by atoms with E-state index in [1.54, 1.807) is 0 Å². The normalized spacial score (nSPS) is 9.90. The van der Waals surface area contributed by atoms with Gasteiger partial charge in [-0.15, -0.1) is 0 Å². The molecule has 1 amide bonds. The Kier molecular flexibility index (Phi) is 6.18. The lowest BCUT2D eigenvalue weighted by Crippen LogP contribution is -2.28. The molecule has 0 fully saturated rings. The van der Waals surface area contributed by atoms with Crippen molar-refractivity contribution in [2.24, 2.45) is 5.92 Å². The summed E-state index contributed by atoms with van der Waals surface area (Å²) in [7, 11) is 0. The highest BCUT2D eigenvalue weighted by Crippen LogP contribution is 1.85. The molecule has 0 aliphatic rings. The van der Waals surface area contributed by atoms with E-state index in [9.17, 15) is 4.79 Å². The Balaban J connectivity index is 2.83. The predicted octanol–water partition coefficient (Wildman–Crippen LogP) is -0.0220. The second kappa shape index (κ2) is 6.55. The van der Waals surface area contributed by atoms with Crippen LogP contribution in [0.15, 0.2) is 0 Å². The van der Waals surface area contributed by atoms with Gasteiger partial charge in [0.1, 0.15) is 0 Å². The monoisotopic (exact) mass is 144 g/mol. The van der Waals surface area contributed by atoms with Gasteiger partial charge in [-0.25, -0.2) is 0 Å². The molecule has 0 aliphatic heterocycles. The smallest absolute Gasteiger partial charge is 0.207 e. The minimum atomic E-state index is 0.677. The second-order valence-electron chi connectivity index (χ2n) is 2.67. The van der Waals surface area contributed by atoms with E-state index in [1.165, 1.54) is 0 Å². The Hall–Kier alpha value is -0.570. The van der Waals surface area contributed by atoms with Crippen molar-refractivity contribution in [3.63, 3.8) is 0 Å². The van der Waals surface area contributed by atoms with Crippen molar-refractivity contribution in [2.45, 2.75) is 13.8 Å². The third kappa shape index (κ3) is 7.43. The van der Waals surface area contributed by atoms with Crippen LogP contribution >= 0.6 is 0 Å². The first kappa shape index (κ1) is 9.43. The molecule has 0 atom stereocenters. The molecule has 3 heteroatoms. The summed E-state index contributed by atoms with van der Waals surface area (Å²) < 4.78 is 0. The fourth-order valence-corrected chi connectivity index (χ4v) is 0.610. The number of hydrogen-bond acceptors (Lipinski definition) is 2. The standard InChI is InChI=1S/C7H16N2O/c1-7(2)5-8-3-4-9-6-10/h6-8H,3-5H2,1-2H3,(H,9,10). The highest BCUT2D eigenvalue weighted by atomic mass is 16.1. The fraction of sp³-hybridized carbons (Fsp3) is 0.857. The highest BCUT2D eigenvalue weighted by Gasteiger charge is 1.90. The fourth-order valence-electron chi connectivity index (χ4n) is 0.610. The van der Waals surface area contributed by atoms with Gasteiger partial charge in [0.25, 0.3) is 0 Å². The maximum Gasteiger partial charge on any atom is 0.207 e. The van der Waals surface area contributed by atoms with E-state index in [-0.39, 0.29) is 0 Å². The zero-order valence-electron chi connectivity index (χ0n) is 6.68. The molecular weight excluding hydrogens is 128 g/mol. The molecule has 0 radical (unpaired) electrons. The number of rotatable bonds is 6. The van der Waals surface area contributed by atoms with Gasteiger partial charge in [0.15, 0.2) is 0 Å². The van der Waals surface area contributed by atoms with Crippen molar-refractivity contribution in [2.75, 3.05) is 19.6 Å². The summed E-state index contributed by atoms with van der Waals surface area (Å²) in [5.41, 5.74) is 0. The van der Waals surface area contributed by atoms with Gasteiger partial charge in [-0.05, 0) is 12.5 Å². The van der Waals surface area contributed by atoms with Crippen LogP contribution in [0.1, 0.15) is 13.8 Å². The van der Waals surface area contributed by atoms with Gasteiger partial charge < -0.3 is 10.6 Å². The Morgan fingerprint density at radius 2 is 2.10 bits per heavy atom. The van der Waals surface area contributed by atoms with E-state index >= 15 is 0 Å². The van der Waals surface area contributed by atoms with E-state index in [4.69, 9.17) is 0 Å². The summed E-state index contributed by atoms with van der Waals surface area (Å²) in [5, 5.41) is 5.78. The average Bonchev–Trinajstić information content (AvgIpc) is 1.87. The van der Waals surface area contributed by atoms with Gasteiger partial charge in [-0.1, -0.05) is 13.8 Å². The number of hydrogen-bond donors (Lipinski definition) is 2. The summed E-state index contributed by atoms with van der Waals surface area (Å²) in [5.74, 6) is 0.677. The molecule has 0 aliphatic carbocycles. The third-order valence-corrected chi connectivity index (χ3v) is 1.08. The van der Waals surface area contributed by atoms with Crippen molar-refractivity contribution in [1.29, 1.82) is 0 Å². The molecule has 60 valence electrons. The summed E-state index contributed by atoms with van der Waals surface area (Å²) in [6.07, 6.45) is 0.719. The zero-order valence-corrected chi connectivity index (χ0v) is 6.68. The van der Waals surface area contributed by atoms with Crippen LogP contribution in [0.2, 0.25) is 0 Å². The molecular formula is C7H16N2O. The van der Waals surface area contributed by atoms with Crippen LogP contribution in [-0.2, 0) is 4.79 Å². The molecule has 0 heterocycles. The van der Waals surface area contributed by atoms with Crippen LogP contribution in [0, 0.1) is 5.92 Å². The Morgan fingerprint density at radius 1 is 1.40 bits per heavy atom. The molecule has 10 heavy (non-hydrogen) atoms. The molecule has 0 bridgehead atoms. The van der Waals surface area contributed by atoms with E-state index in [0.29, 0.717) is 5.92 Å². The lowest BCUT2D eigenvalue weighted by molar-refractivity contribution is -0.109. The largest absolute Gasteiger partial charge is 0.357 e. The van der Waals surface area contributed by atoms with Crippen LogP contribution in [0.5, 0.6) is 0 Å². The summed E-state index contributed by atoms with van der Waals surface area (Å²) in [6.45, 7) is 6.90. The van der Waals surface area contributed by atoms with E-state index < -0.39 is 0 Å². The summed E-state index contributed by atoms with van der Waals surface area (Å²) in [4.78, 5) is 9.76. The Morgan fingerprint density at radius 3 is 2.60 bits per heavy atom. The molecule has 0 unspecified atom stereocenters. The Labute approximate surface area is 62.2 Å². The number of amides is 1. The van der Waals surface area contributed by atoms with E-state index in [0.717, 1.165) is 26.0 Å². The first-order valence-electron chi connectivity index (χ1n) is 3.65. The van der Waals surface area contributed by atoms with Crippen LogP contribution in [0.4, 0.5) is 0 Å². The third-order valence-electron chi connectivity index (χ3n) is 1.08. The minimum Gasteiger partial charge on any atom is -0.357 e. The maximum atomic E-state index is 9.76. The van der Waals surface area contributed by atoms with Crippen LogP contribution in [0.25, 0.3) is 0 Å². The minimum absolute atomic E-state index is 0.677. The van der Waals surface area contributed by atoms with Crippen molar-refractivity contribution >= 4 is 6.41 Å². The van der Waals surface area contributed by atoms with Gasteiger partial charge in [-0.2, -0.15) is 0 Å². The molecule has 2 N–H and O–H groups in total. The first-order chi connectivity index (χ1) is 4.77. The van der Waals surface area contributed by atoms with Gasteiger partial charge >= 0.3 is 0 Å². The van der Waals surface area contributed by atoms with Crippen molar-refractivity contribution < 1.29 is 4.79 Å². The van der Waals surface area contributed by atoms with Crippen LogP contribution < -0.4 is 10.6 Å². The number of nitrogens with one attached hydrogen (secondary N) is 2. The quantitative estimate of drug-likeness (QED) is 0.406. The topological polar surface area (TPSA) is 41.1 Å². The van der Waals surface area contributed by atoms with E-state index in [2.05, 4.69) is 24.5 Å². The molecule has 3 nitrogen and oxygen atoms in total. The van der Waals surface area contributed by atoms with Crippen molar-refractivity contribution in [3.05, 3.63) is 0 Å². The predicted molar refractivity (Wildman–Crippen MR) is 41.8 cm³/mol. The first-order valence-corrected chi connectivity index (χ1v) is 3.65. The molecule has 0 aromatic carbocycles. The van der Waals surface area contributed by atoms with Crippen molar-refractivity contribution in [1.82, 2.24) is 10.6 Å². The molecule has 0 aromatic heterocycles. The molecule has 0 spiro atoms. The van der Waals surface area contributed by atoms with Gasteiger partial charge in [-0.3, -0.25) is 4.79 Å².